The van der Waals surface area contributed by atoms with Gasteiger partial charge in [0.2, 0.25) is 0 Å². The van der Waals surface area contributed by atoms with Gasteiger partial charge in [0.25, 0.3) is 0 Å². The van der Waals surface area contributed by atoms with Crippen molar-refractivity contribution in [1.29, 1.82) is 0 Å². The minimum atomic E-state index is 0.306. The third-order valence-corrected chi connectivity index (χ3v) is 3.49. The van der Waals surface area contributed by atoms with Gasteiger partial charge in [0, 0.05) is 16.9 Å². The summed E-state index contributed by atoms with van der Waals surface area (Å²) in [5.41, 5.74) is 1.23. The normalized spacial score (nSPS) is 11.6. The highest BCUT2D eigenvalue weighted by molar-refractivity contribution is 9.10. The molecule has 0 spiro atoms. The van der Waals surface area contributed by atoms with Crippen molar-refractivity contribution in [3.05, 3.63) is 28.2 Å². The summed E-state index contributed by atoms with van der Waals surface area (Å²) in [5, 5.41) is 3.50. The van der Waals surface area contributed by atoms with Crippen LogP contribution in [0.3, 0.4) is 0 Å². The molecule has 0 bridgehead atoms. The van der Waals surface area contributed by atoms with Crippen molar-refractivity contribution in [2.75, 3.05) is 13.7 Å². The molecule has 1 rings (SSSR count). The number of methoxy groups -OCH3 is 1. The average Bonchev–Trinajstić information content (AvgIpc) is 2.39. The maximum Gasteiger partial charge on any atom is 0.119 e. The van der Waals surface area contributed by atoms with Gasteiger partial charge in [-0.2, -0.15) is 0 Å². The monoisotopic (exact) mass is 309 g/mol. The van der Waals surface area contributed by atoms with Gasteiger partial charge in [-0.1, -0.05) is 22.9 Å². The Morgan fingerprint density at radius 1 is 1.44 bits per heavy atom. The first-order valence-electron chi connectivity index (χ1n) is 6.19. The van der Waals surface area contributed by atoms with Crippen molar-refractivity contribution < 1.29 is 4.74 Å². The third-order valence-electron chi connectivity index (χ3n) is 2.76. The molecule has 0 heterocycles. The Morgan fingerprint density at radius 2 is 2.22 bits per heavy atom. The minimum Gasteiger partial charge on any atom is -0.497 e. The second kappa shape index (κ2) is 8.18. The molecule has 0 radical (unpaired) electrons. The van der Waals surface area contributed by atoms with Gasteiger partial charge < -0.3 is 10.1 Å². The second-order valence-electron chi connectivity index (χ2n) is 3.96. The van der Waals surface area contributed by atoms with Crippen LogP contribution >= 0.6 is 15.9 Å². The van der Waals surface area contributed by atoms with E-state index in [1.54, 1.807) is 7.11 Å². The average molecular weight is 310 g/mol. The van der Waals surface area contributed by atoms with E-state index >= 15 is 0 Å². The molecule has 0 amide bonds. The van der Waals surface area contributed by atoms with Crippen molar-refractivity contribution in [3.63, 3.8) is 0 Å². The maximum atomic E-state index is 5.29. The zero-order valence-electron chi connectivity index (χ0n) is 11.2. The van der Waals surface area contributed by atoms with E-state index in [1.165, 1.54) is 5.56 Å². The summed E-state index contributed by atoms with van der Waals surface area (Å²) in [4.78, 5) is 0. The molecule has 3 heteroatoms. The van der Waals surface area contributed by atoms with E-state index < -0.39 is 0 Å². The molecule has 1 atom stereocenters. The number of nitrogens with one attached hydrogen (secondary N) is 1. The summed E-state index contributed by atoms with van der Waals surface area (Å²) in [6, 6.07) is 6.38. The Morgan fingerprint density at radius 3 is 2.83 bits per heavy atom. The van der Waals surface area contributed by atoms with Crippen LogP contribution in [-0.4, -0.2) is 13.7 Å². The quantitative estimate of drug-likeness (QED) is 0.804. The molecular formula is C15H20BrNO. The molecule has 1 aromatic carbocycles. The van der Waals surface area contributed by atoms with E-state index in [-0.39, 0.29) is 0 Å². The van der Waals surface area contributed by atoms with Crippen LogP contribution in [0.5, 0.6) is 5.75 Å². The summed E-state index contributed by atoms with van der Waals surface area (Å²) in [6.07, 6.45) is 1.90. The third kappa shape index (κ3) is 4.36. The smallest absolute Gasteiger partial charge is 0.119 e. The van der Waals surface area contributed by atoms with E-state index in [0.29, 0.717) is 6.04 Å². The highest BCUT2D eigenvalue weighted by atomic mass is 79.9. The van der Waals surface area contributed by atoms with Gasteiger partial charge in [0.15, 0.2) is 0 Å². The number of halogens is 1. The first-order chi connectivity index (χ1) is 8.72. The Kier molecular flexibility index (Phi) is 6.85. The van der Waals surface area contributed by atoms with Crippen LogP contribution in [0.25, 0.3) is 0 Å². The first-order valence-corrected chi connectivity index (χ1v) is 6.98. The predicted octanol–water partition coefficient (Wildman–Crippen LogP) is 3.91. The molecule has 0 fully saturated rings. The van der Waals surface area contributed by atoms with Gasteiger partial charge in [-0.25, -0.2) is 0 Å². The molecule has 2 nitrogen and oxygen atoms in total. The van der Waals surface area contributed by atoms with Gasteiger partial charge in [-0.05, 0) is 43.7 Å². The van der Waals surface area contributed by atoms with Crippen LogP contribution in [0.4, 0.5) is 0 Å². The fraction of sp³-hybridized carbons (Fsp3) is 0.467. The van der Waals surface area contributed by atoms with Gasteiger partial charge in [0.1, 0.15) is 5.75 Å². The Hall–Kier alpha value is -0.980. The van der Waals surface area contributed by atoms with E-state index in [2.05, 4.69) is 46.1 Å². The number of hydrogen-bond donors (Lipinski definition) is 1. The molecule has 1 unspecified atom stereocenters. The highest BCUT2D eigenvalue weighted by Gasteiger charge is 2.13. The zero-order chi connectivity index (χ0) is 13.4. The molecular weight excluding hydrogens is 290 g/mol. The van der Waals surface area contributed by atoms with Crippen molar-refractivity contribution in [2.45, 2.75) is 32.7 Å². The van der Waals surface area contributed by atoms with Gasteiger partial charge >= 0.3 is 0 Å². The topological polar surface area (TPSA) is 21.3 Å². The van der Waals surface area contributed by atoms with Crippen LogP contribution in [0.2, 0.25) is 0 Å². The molecule has 98 valence electrons. The van der Waals surface area contributed by atoms with Crippen molar-refractivity contribution in [1.82, 2.24) is 5.32 Å². The molecule has 18 heavy (non-hydrogen) atoms. The van der Waals surface area contributed by atoms with Crippen LogP contribution in [0.1, 0.15) is 38.3 Å². The molecule has 0 saturated heterocycles. The second-order valence-corrected chi connectivity index (χ2v) is 4.82. The van der Waals surface area contributed by atoms with Crippen molar-refractivity contribution in [2.24, 2.45) is 0 Å². The molecule has 0 aromatic heterocycles. The van der Waals surface area contributed by atoms with E-state index in [4.69, 9.17) is 4.74 Å². The number of hydrogen-bond acceptors (Lipinski definition) is 2. The molecule has 1 aromatic rings. The summed E-state index contributed by atoms with van der Waals surface area (Å²) in [5.74, 6) is 6.94. The van der Waals surface area contributed by atoms with Crippen molar-refractivity contribution in [3.8, 4) is 17.6 Å². The molecule has 1 N–H and O–H groups in total. The lowest BCUT2D eigenvalue weighted by atomic mass is 10.0. The number of benzene rings is 1. The Bertz CT molecular complexity index is 434. The lowest BCUT2D eigenvalue weighted by Gasteiger charge is -2.19. The predicted molar refractivity (Wildman–Crippen MR) is 79.8 cm³/mol. The lowest BCUT2D eigenvalue weighted by molar-refractivity contribution is 0.412. The number of rotatable bonds is 6. The summed E-state index contributed by atoms with van der Waals surface area (Å²) < 4.78 is 6.40. The van der Waals surface area contributed by atoms with E-state index in [0.717, 1.165) is 29.6 Å². The van der Waals surface area contributed by atoms with Gasteiger partial charge in [-0.15, -0.1) is 11.8 Å². The summed E-state index contributed by atoms with van der Waals surface area (Å²) in [6.45, 7) is 4.93. The fourth-order valence-electron chi connectivity index (χ4n) is 1.87. The highest BCUT2D eigenvalue weighted by Crippen LogP contribution is 2.30. The standard InChI is InChI=1S/C15H20BrNO/c1-4-6-7-8-15(17-5-2)13-11-12(18-3)9-10-14(13)16/h9-11,15,17H,5,7-8H2,1-3H3. The largest absolute Gasteiger partial charge is 0.497 e. The van der Waals surface area contributed by atoms with Crippen LogP contribution < -0.4 is 10.1 Å². The van der Waals surface area contributed by atoms with Crippen LogP contribution in [0.15, 0.2) is 22.7 Å². The summed E-state index contributed by atoms with van der Waals surface area (Å²) in [7, 11) is 1.69. The van der Waals surface area contributed by atoms with Gasteiger partial charge in [-0.3, -0.25) is 0 Å². The Balaban J connectivity index is 2.91. The molecule has 0 aliphatic heterocycles. The summed E-state index contributed by atoms with van der Waals surface area (Å²) >= 11 is 3.61. The lowest BCUT2D eigenvalue weighted by Crippen LogP contribution is -2.21. The Labute approximate surface area is 118 Å². The van der Waals surface area contributed by atoms with E-state index in [9.17, 15) is 0 Å². The maximum absolute atomic E-state index is 5.29. The molecule has 0 aliphatic rings. The molecule has 0 aliphatic carbocycles. The fourth-order valence-corrected chi connectivity index (χ4v) is 2.39. The van der Waals surface area contributed by atoms with Crippen LogP contribution in [0, 0.1) is 11.8 Å². The van der Waals surface area contributed by atoms with Crippen molar-refractivity contribution >= 4 is 15.9 Å². The SMILES string of the molecule is CC#CCCC(NCC)c1cc(OC)ccc1Br. The van der Waals surface area contributed by atoms with Crippen LogP contribution in [-0.2, 0) is 0 Å². The number of ether oxygens (including phenoxy) is 1. The first kappa shape index (κ1) is 15.1. The minimum absolute atomic E-state index is 0.306. The zero-order valence-corrected chi connectivity index (χ0v) is 12.8. The van der Waals surface area contributed by atoms with E-state index in [1.807, 2.05) is 19.1 Å². The van der Waals surface area contributed by atoms with Gasteiger partial charge in [0.05, 0.1) is 7.11 Å². The molecule has 0 saturated carbocycles.